The zero-order valence-corrected chi connectivity index (χ0v) is 5.93. The van der Waals surface area contributed by atoms with Crippen LogP contribution in [0, 0.1) is 5.92 Å². The Hall–Kier alpha value is -0.150. The molecule has 2 nitrogen and oxygen atoms in total. The summed E-state index contributed by atoms with van der Waals surface area (Å²) in [5, 5.41) is 0. The quantitative estimate of drug-likeness (QED) is 0.589. The van der Waals surface area contributed by atoms with E-state index in [0.717, 1.165) is 0 Å². The summed E-state index contributed by atoms with van der Waals surface area (Å²) in [6.07, 6.45) is -0.382. The smallest absolute Gasteiger partial charge is 0.126 e. The average molecular weight is 135 g/mol. The highest BCUT2D eigenvalue weighted by atomic mass is 19.1. The number of hydrogen-bond donors (Lipinski definition) is 1. The van der Waals surface area contributed by atoms with E-state index in [4.69, 9.17) is 0 Å². The summed E-state index contributed by atoms with van der Waals surface area (Å²) < 4.78 is 12.4. The van der Waals surface area contributed by atoms with E-state index in [1.54, 1.807) is 0 Å². The summed E-state index contributed by atoms with van der Waals surface area (Å²) in [7, 11) is 0. The second kappa shape index (κ2) is 4.70. The summed E-state index contributed by atoms with van der Waals surface area (Å²) in [5.74, 6) is 5.04. The Labute approximate surface area is 55.1 Å². The van der Waals surface area contributed by atoms with Crippen LogP contribution in [0.15, 0.2) is 0 Å². The Balaban J connectivity index is 3.15. The normalized spacial score (nSPS) is 14.3. The number of alkyl halides is 1. The second-order valence-corrected chi connectivity index (χ2v) is 2.56. The number of hydrogen-bond acceptors (Lipinski definition) is 2. The van der Waals surface area contributed by atoms with E-state index >= 15 is 0 Å². The average Bonchev–Trinajstić information content (AvgIpc) is 1.63. The van der Waals surface area contributed by atoms with Crippen molar-refractivity contribution in [1.29, 1.82) is 0 Å². The van der Waals surface area contributed by atoms with Gasteiger partial charge in [-0.25, -0.2) is 10.3 Å². The first-order chi connectivity index (χ1) is 4.16. The lowest BCUT2D eigenvalue weighted by Crippen LogP contribution is -2.15. The highest BCUT2D eigenvalue weighted by Crippen LogP contribution is 2.06. The molecule has 0 bridgehead atoms. The molecule has 0 saturated carbocycles. The molecule has 0 saturated heterocycles. The molecule has 3 heteroatoms. The third-order valence-corrected chi connectivity index (χ3v) is 1.00. The van der Waals surface area contributed by atoms with Crippen LogP contribution in [0.1, 0.15) is 20.3 Å². The van der Waals surface area contributed by atoms with Crippen molar-refractivity contribution in [3.8, 4) is 0 Å². The van der Waals surface area contributed by atoms with Crippen molar-refractivity contribution in [2.45, 2.75) is 26.4 Å². The van der Waals surface area contributed by atoms with Gasteiger partial charge in [-0.05, 0) is 12.3 Å². The Morgan fingerprint density at radius 2 is 2.11 bits per heavy atom. The topological polar surface area (TPSA) is 35.2 Å². The highest BCUT2D eigenvalue weighted by molar-refractivity contribution is 4.56. The third kappa shape index (κ3) is 5.73. The molecule has 0 aromatic carbocycles. The lowest BCUT2D eigenvalue weighted by atomic mass is 10.1. The van der Waals surface area contributed by atoms with Gasteiger partial charge in [-0.1, -0.05) is 13.8 Å². The van der Waals surface area contributed by atoms with E-state index in [1.807, 2.05) is 13.8 Å². The minimum atomic E-state index is -0.907. The molecule has 56 valence electrons. The molecule has 1 atom stereocenters. The first kappa shape index (κ1) is 8.85. The maximum absolute atomic E-state index is 12.4. The molecule has 0 rings (SSSR count). The van der Waals surface area contributed by atoms with Crippen LogP contribution in [0.25, 0.3) is 0 Å². The number of rotatable bonds is 4. The SMILES string of the molecule is CC(C)CC(F)CON. The standard InChI is InChI=1S/C6H14FNO/c1-5(2)3-6(7)4-9-8/h5-6H,3-4,8H2,1-2H3. The van der Waals surface area contributed by atoms with E-state index in [9.17, 15) is 4.39 Å². The van der Waals surface area contributed by atoms with Gasteiger partial charge in [0.2, 0.25) is 0 Å². The molecule has 0 amide bonds. The van der Waals surface area contributed by atoms with Gasteiger partial charge in [-0.15, -0.1) is 0 Å². The minimum absolute atomic E-state index is 0.0121. The lowest BCUT2D eigenvalue weighted by Gasteiger charge is -2.07. The summed E-state index contributed by atoms with van der Waals surface area (Å²) in [6.45, 7) is 3.93. The first-order valence-corrected chi connectivity index (χ1v) is 3.12. The molecule has 2 N–H and O–H groups in total. The second-order valence-electron chi connectivity index (χ2n) is 2.56. The van der Waals surface area contributed by atoms with Gasteiger partial charge in [0.1, 0.15) is 6.17 Å². The van der Waals surface area contributed by atoms with Crippen LogP contribution in [-0.2, 0) is 4.84 Å². The Kier molecular flexibility index (Phi) is 4.62. The predicted octanol–water partition coefficient (Wildman–Crippen LogP) is 1.26. The number of halogens is 1. The fourth-order valence-electron chi connectivity index (χ4n) is 0.684. The molecule has 0 radical (unpaired) electrons. The van der Waals surface area contributed by atoms with Gasteiger partial charge in [0.25, 0.3) is 0 Å². The highest BCUT2D eigenvalue weighted by Gasteiger charge is 2.07. The summed E-state index contributed by atoms with van der Waals surface area (Å²) in [4.78, 5) is 4.13. The molecule has 0 aliphatic carbocycles. The van der Waals surface area contributed by atoms with Crippen LogP contribution in [-0.4, -0.2) is 12.8 Å². The predicted molar refractivity (Wildman–Crippen MR) is 34.5 cm³/mol. The van der Waals surface area contributed by atoms with Gasteiger partial charge in [0, 0.05) is 0 Å². The van der Waals surface area contributed by atoms with Crippen molar-refractivity contribution < 1.29 is 9.23 Å². The van der Waals surface area contributed by atoms with E-state index in [-0.39, 0.29) is 6.61 Å². The molecular formula is C6H14FNO. The molecule has 1 unspecified atom stereocenters. The maximum atomic E-state index is 12.4. The molecule has 0 heterocycles. The van der Waals surface area contributed by atoms with Crippen molar-refractivity contribution in [3.63, 3.8) is 0 Å². The van der Waals surface area contributed by atoms with E-state index < -0.39 is 6.17 Å². The van der Waals surface area contributed by atoms with Crippen LogP contribution >= 0.6 is 0 Å². The van der Waals surface area contributed by atoms with Crippen molar-refractivity contribution in [1.82, 2.24) is 0 Å². The molecule has 9 heavy (non-hydrogen) atoms. The third-order valence-electron chi connectivity index (χ3n) is 1.00. The van der Waals surface area contributed by atoms with Crippen molar-refractivity contribution in [2.75, 3.05) is 6.61 Å². The van der Waals surface area contributed by atoms with Crippen LogP contribution in [0.2, 0.25) is 0 Å². The maximum Gasteiger partial charge on any atom is 0.126 e. The van der Waals surface area contributed by atoms with Crippen molar-refractivity contribution >= 4 is 0 Å². The Morgan fingerprint density at radius 1 is 1.56 bits per heavy atom. The summed E-state index contributed by atoms with van der Waals surface area (Å²) in [5.41, 5.74) is 0. The van der Waals surface area contributed by atoms with Crippen molar-refractivity contribution in [2.24, 2.45) is 11.8 Å². The monoisotopic (exact) mass is 135 g/mol. The number of nitrogens with two attached hydrogens (primary N) is 1. The molecular weight excluding hydrogens is 121 g/mol. The van der Waals surface area contributed by atoms with Gasteiger partial charge in [-0.3, -0.25) is 0 Å². The van der Waals surface area contributed by atoms with E-state index in [0.29, 0.717) is 12.3 Å². The molecule has 0 aliphatic rings. The van der Waals surface area contributed by atoms with Crippen LogP contribution < -0.4 is 5.90 Å². The molecule has 0 aromatic heterocycles. The van der Waals surface area contributed by atoms with Crippen LogP contribution in [0.3, 0.4) is 0 Å². The molecule has 0 fully saturated rings. The summed E-state index contributed by atoms with van der Waals surface area (Å²) >= 11 is 0. The molecule has 0 spiro atoms. The zero-order valence-electron chi connectivity index (χ0n) is 5.93. The van der Waals surface area contributed by atoms with E-state index in [1.165, 1.54) is 0 Å². The van der Waals surface area contributed by atoms with Gasteiger partial charge in [0.05, 0.1) is 6.61 Å². The molecule has 0 aliphatic heterocycles. The minimum Gasteiger partial charge on any atom is -0.302 e. The van der Waals surface area contributed by atoms with Gasteiger partial charge < -0.3 is 4.84 Å². The Morgan fingerprint density at radius 3 is 2.44 bits per heavy atom. The molecule has 0 aromatic rings. The largest absolute Gasteiger partial charge is 0.302 e. The summed E-state index contributed by atoms with van der Waals surface area (Å²) in [6, 6.07) is 0. The Bertz CT molecular complexity index is 68.1. The lowest BCUT2D eigenvalue weighted by molar-refractivity contribution is 0.0727. The zero-order chi connectivity index (χ0) is 7.28. The van der Waals surface area contributed by atoms with Gasteiger partial charge in [0.15, 0.2) is 0 Å². The fourth-order valence-corrected chi connectivity index (χ4v) is 0.684. The van der Waals surface area contributed by atoms with Crippen molar-refractivity contribution in [3.05, 3.63) is 0 Å². The van der Waals surface area contributed by atoms with E-state index in [2.05, 4.69) is 10.7 Å². The van der Waals surface area contributed by atoms with Gasteiger partial charge >= 0.3 is 0 Å². The van der Waals surface area contributed by atoms with Gasteiger partial charge in [-0.2, -0.15) is 0 Å². The van der Waals surface area contributed by atoms with Crippen LogP contribution in [0.4, 0.5) is 4.39 Å². The first-order valence-electron chi connectivity index (χ1n) is 3.12. The van der Waals surface area contributed by atoms with Crippen LogP contribution in [0.5, 0.6) is 0 Å². The fraction of sp³-hybridized carbons (Fsp3) is 1.00.